The van der Waals surface area contributed by atoms with E-state index in [1.165, 1.54) is 0 Å². The van der Waals surface area contributed by atoms with Crippen LogP contribution in [0.4, 0.5) is 5.69 Å². The molecule has 0 amide bonds. The fraction of sp³-hybridized carbons (Fsp3) is 0.538. The molecular weight excluding hydrogens is 216 g/mol. The first-order valence-electron chi connectivity index (χ1n) is 5.96. The summed E-state index contributed by atoms with van der Waals surface area (Å²) in [6.45, 7) is 1.90. The molecule has 2 rings (SSSR count). The molecule has 1 heterocycles. The predicted octanol–water partition coefficient (Wildman–Crippen LogP) is 1.88. The van der Waals surface area contributed by atoms with Crippen LogP contribution in [0.2, 0.25) is 0 Å². The minimum Gasteiger partial charge on any atom is -0.493 e. The molecule has 1 aromatic carbocycles. The first-order valence-corrected chi connectivity index (χ1v) is 5.96. The van der Waals surface area contributed by atoms with Crippen molar-refractivity contribution in [2.45, 2.75) is 18.9 Å². The summed E-state index contributed by atoms with van der Waals surface area (Å²) in [5.41, 5.74) is 0.999. The molecule has 1 aliphatic rings. The van der Waals surface area contributed by atoms with E-state index in [2.05, 4.69) is 10.6 Å². The van der Waals surface area contributed by atoms with Gasteiger partial charge in [-0.15, -0.1) is 0 Å². The maximum absolute atomic E-state index is 5.40. The van der Waals surface area contributed by atoms with Crippen LogP contribution in [0.25, 0.3) is 0 Å². The van der Waals surface area contributed by atoms with E-state index in [9.17, 15) is 0 Å². The molecule has 93 valence electrons. The van der Waals surface area contributed by atoms with Gasteiger partial charge in [0.2, 0.25) is 0 Å². The molecule has 1 aliphatic heterocycles. The van der Waals surface area contributed by atoms with Crippen molar-refractivity contribution < 1.29 is 9.47 Å². The highest BCUT2D eigenvalue weighted by Crippen LogP contribution is 2.35. The van der Waals surface area contributed by atoms with E-state index in [1.807, 2.05) is 18.2 Å². The molecule has 0 atom stereocenters. The average molecular weight is 235 g/mol. The van der Waals surface area contributed by atoms with Gasteiger partial charge in [0, 0.05) is 19.1 Å². The number of para-hydroxylation sites is 1. The van der Waals surface area contributed by atoms with Gasteiger partial charge in [-0.05, 0) is 25.0 Å². The predicted molar refractivity (Wildman–Crippen MR) is 68.1 cm³/mol. The average Bonchev–Trinajstić information content (AvgIpc) is 2.39. The van der Waals surface area contributed by atoms with Crippen molar-refractivity contribution in [3.05, 3.63) is 18.2 Å². The van der Waals surface area contributed by atoms with E-state index in [-0.39, 0.29) is 0 Å². The Morgan fingerprint density at radius 2 is 1.94 bits per heavy atom. The molecule has 0 aliphatic carbocycles. The molecule has 0 aromatic heterocycles. The fourth-order valence-corrected chi connectivity index (χ4v) is 2.12. The number of benzene rings is 1. The van der Waals surface area contributed by atoms with Crippen molar-refractivity contribution in [1.29, 1.82) is 0 Å². The molecule has 0 saturated carbocycles. The Morgan fingerprint density at radius 3 is 2.59 bits per heavy atom. The maximum atomic E-state index is 5.40. The van der Waals surface area contributed by atoms with Crippen molar-refractivity contribution >= 4 is 5.69 Å². The lowest BCUT2D eigenvalue weighted by molar-refractivity contribution is 0.355. The third-order valence-corrected chi connectivity index (χ3v) is 3.03. The van der Waals surface area contributed by atoms with E-state index in [0.717, 1.165) is 43.1 Å². The van der Waals surface area contributed by atoms with Crippen LogP contribution in [0.15, 0.2) is 18.2 Å². The fourth-order valence-electron chi connectivity index (χ4n) is 2.12. The Kier molecular flexibility index (Phi) is 4.09. The smallest absolute Gasteiger partial charge is 0.183 e. The van der Waals surface area contributed by atoms with Gasteiger partial charge in [-0.3, -0.25) is 0 Å². The van der Waals surface area contributed by atoms with Crippen LogP contribution in [0.5, 0.6) is 11.5 Å². The Balaban J connectivity index is 2.13. The van der Waals surface area contributed by atoms with Gasteiger partial charge in [0.15, 0.2) is 11.5 Å². The summed E-state index contributed by atoms with van der Waals surface area (Å²) in [5.74, 6) is 1.54. The van der Waals surface area contributed by atoms with Gasteiger partial charge in [-0.2, -0.15) is 0 Å². The van der Waals surface area contributed by atoms with Crippen LogP contribution in [-0.4, -0.2) is 33.4 Å². The molecular formula is C13H19N2O2. The number of hydrogen-bond acceptors (Lipinski definition) is 3. The summed E-state index contributed by atoms with van der Waals surface area (Å²) in [5, 5.41) is 7.86. The normalized spacial score (nSPS) is 16.6. The standard InChI is InChI=1S/C13H19N2O2/c1-16-12-5-3-4-11(13(12)17-2)15-10-6-8-14-9-7-10/h3-5,10,15H,6-9H2,1-2H3. The summed E-state index contributed by atoms with van der Waals surface area (Å²) < 4.78 is 10.7. The quantitative estimate of drug-likeness (QED) is 0.866. The number of piperidine rings is 1. The molecule has 1 radical (unpaired) electrons. The molecule has 4 nitrogen and oxygen atoms in total. The van der Waals surface area contributed by atoms with E-state index in [4.69, 9.17) is 9.47 Å². The monoisotopic (exact) mass is 235 g/mol. The lowest BCUT2D eigenvalue weighted by Gasteiger charge is -2.25. The summed E-state index contributed by atoms with van der Waals surface area (Å²) in [6.07, 6.45) is 2.17. The Bertz CT molecular complexity index is 362. The lowest BCUT2D eigenvalue weighted by Crippen LogP contribution is -2.31. The lowest BCUT2D eigenvalue weighted by atomic mass is 10.1. The minimum atomic E-state index is 0.480. The van der Waals surface area contributed by atoms with Crippen molar-refractivity contribution in [1.82, 2.24) is 5.32 Å². The Hall–Kier alpha value is -1.42. The van der Waals surface area contributed by atoms with Crippen LogP contribution in [-0.2, 0) is 0 Å². The third kappa shape index (κ3) is 2.82. The molecule has 0 unspecified atom stereocenters. The summed E-state index contributed by atoms with van der Waals surface area (Å²) in [7, 11) is 3.32. The minimum absolute atomic E-state index is 0.480. The molecule has 1 saturated heterocycles. The zero-order chi connectivity index (χ0) is 12.1. The third-order valence-electron chi connectivity index (χ3n) is 3.03. The van der Waals surface area contributed by atoms with Gasteiger partial charge in [-0.25, -0.2) is 5.32 Å². The number of nitrogens with zero attached hydrogens (tertiary/aromatic N) is 1. The van der Waals surface area contributed by atoms with Crippen LogP contribution in [0.1, 0.15) is 12.8 Å². The van der Waals surface area contributed by atoms with E-state index in [1.54, 1.807) is 14.2 Å². The summed E-state index contributed by atoms with van der Waals surface area (Å²) in [4.78, 5) is 0. The molecule has 1 aromatic rings. The maximum Gasteiger partial charge on any atom is 0.183 e. The zero-order valence-corrected chi connectivity index (χ0v) is 10.4. The van der Waals surface area contributed by atoms with Gasteiger partial charge >= 0.3 is 0 Å². The van der Waals surface area contributed by atoms with Crippen LogP contribution in [0.3, 0.4) is 0 Å². The molecule has 0 spiro atoms. The molecule has 4 heteroatoms. The summed E-state index contributed by atoms with van der Waals surface area (Å²) >= 11 is 0. The number of methoxy groups -OCH3 is 2. The number of hydrogen-bond donors (Lipinski definition) is 1. The second-order valence-corrected chi connectivity index (χ2v) is 4.13. The molecule has 17 heavy (non-hydrogen) atoms. The van der Waals surface area contributed by atoms with Crippen molar-refractivity contribution in [3.63, 3.8) is 0 Å². The Morgan fingerprint density at radius 1 is 1.18 bits per heavy atom. The van der Waals surface area contributed by atoms with E-state index in [0.29, 0.717) is 6.04 Å². The largest absolute Gasteiger partial charge is 0.493 e. The second kappa shape index (κ2) is 5.77. The summed E-state index contributed by atoms with van der Waals surface area (Å²) in [6, 6.07) is 6.37. The SMILES string of the molecule is COc1cccc(NC2CC[N]CC2)c1OC. The second-order valence-electron chi connectivity index (χ2n) is 4.13. The highest BCUT2D eigenvalue weighted by molar-refractivity contribution is 5.63. The first-order chi connectivity index (χ1) is 8.35. The van der Waals surface area contributed by atoms with Gasteiger partial charge in [-0.1, -0.05) is 6.07 Å². The zero-order valence-electron chi connectivity index (χ0n) is 10.4. The number of nitrogens with one attached hydrogen (secondary N) is 1. The first kappa shape index (κ1) is 12.0. The van der Waals surface area contributed by atoms with E-state index >= 15 is 0 Å². The Labute approximate surface area is 102 Å². The highest BCUT2D eigenvalue weighted by Gasteiger charge is 2.16. The van der Waals surface area contributed by atoms with Crippen molar-refractivity contribution in [2.24, 2.45) is 0 Å². The van der Waals surface area contributed by atoms with Crippen LogP contribution >= 0.6 is 0 Å². The number of ether oxygens (including phenoxy) is 2. The topological polar surface area (TPSA) is 44.6 Å². The van der Waals surface area contributed by atoms with Crippen molar-refractivity contribution in [3.8, 4) is 11.5 Å². The number of rotatable bonds is 4. The van der Waals surface area contributed by atoms with Gasteiger partial charge in [0.1, 0.15) is 0 Å². The van der Waals surface area contributed by atoms with E-state index < -0.39 is 0 Å². The molecule has 1 N–H and O–H groups in total. The van der Waals surface area contributed by atoms with Crippen LogP contribution < -0.4 is 20.1 Å². The van der Waals surface area contributed by atoms with Crippen LogP contribution in [0, 0.1) is 0 Å². The van der Waals surface area contributed by atoms with Gasteiger partial charge in [0.05, 0.1) is 19.9 Å². The van der Waals surface area contributed by atoms with Gasteiger partial charge in [0.25, 0.3) is 0 Å². The highest BCUT2D eigenvalue weighted by atomic mass is 16.5. The van der Waals surface area contributed by atoms with Crippen molar-refractivity contribution in [2.75, 3.05) is 32.6 Å². The van der Waals surface area contributed by atoms with Gasteiger partial charge < -0.3 is 14.8 Å². The number of anilines is 1. The molecule has 1 fully saturated rings. The molecule has 0 bridgehead atoms.